The van der Waals surface area contributed by atoms with Crippen LogP contribution in [-0.2, 0) is 4.74 Å². The van der Waals surface area contributed by atoms with E-state index in [1.807, 2.05) is 16.5 Å². The van der Waals surface area contributed by atoms with Crippen molar-refractivity contribution in [2.24, 2.45) is 0 Å². The summed E-state index contributed by atoms with van der Waals surface area (Å²) >= 11 is 0. The number of carbonyl (C=O) groups excluding carboxylic acids is 1. The Hall–Kier alpha value is -3.79. The van der Waals surface area contributed by atoms with Gasteiger partial charge in [-0.2, -0.15) is 0 Å². The first-order valence-corrected chi connectivity index (χ1v) is 10.6. The van der Waals surface area contributed by atoms with Crippen LogP contribution in [0.15, 0.2) is 35.3 Å². The second kappa shape index (κ2) is 6.36. The Bertz CT molecular complexity index is 1490. The van der Waals surface area contributed by atoms with Gasteiger partial charge < -0.3 is 14.5 Å². The summed E-state index contributed by atoms with van der Waals surface area (Å²) in [6.07, 6.45) is 3.30. The van der Waals surface area contributed by atoms with E-state index in [-0.39, 0.29) is 29.1 Å². The van der Waals surface area contributed by atoms with Crippen LogP contribution in [0.25, 0.3) is 16.7 Å². The van der Waals surface area contributed by atoms with Crippen LogP contribution in [0.1, 0.15) is 46.5 Å². The molecular weight excluding hydrogens is 412 g/mol. The van der Waals surface area contributed by atoms with Gasteiger partial charge in [-0.1, -0.05) is 0 Å². The van der Waals surface area contributed by atoms with Gasteiger partial charge in [-0.25, -0.2) is 4.98 Å². The standard InChI is InChI=1S/C22H18N6O4/c29-21-20-26-25-18(11-3-6-31-7-4-11)27(20)15-9-12-13(8-14(15)24-21)22(30)28-16(12)10-32-17-2-1-5-23-19(17)28/h1-2,5,8-9,11,16H,3-4,6-7,10H2,(H,24,29). The van der Waals surface area contributed by atoms with Gasteiger partial charge in [-0.15, -0.1) is 10.2 Å². The van der Waals surface area contributed by atoms with Crippen LogP contribution in [0.3, 0.4) is 0 Å². The Kier molecular flexibility index (Phi) is 3.55. The number of rotatable bonds is 1. The van der Waals surface area contributed by atoms with Gasteiger partial charge in [0, 0.05) is 30.9 Å². The lowest BCUT2D eigenvalue weighted by Crippen LogP contribution is -2.35. The molecule has 0 saturated carbocycles. The molecule has 0 aliphatic carbocycles. The van der Waals surface area contributed by atoms with Crippen molar-refractivity contribution in [3.05, 3.63) is 57.8 Å². The van der Waals surface area contributed by atoms with Gasteiger partial charge in [0.05, 0.1) is 17.1 Å². The molecule has 0 bridgehead atoms. The van der Waals surface area contributed by atoms with Crippen LogP contribution in [0, 0.1) is 0 Å². The Morgan fingerprint density at radius 1 is 1.12 bits per heavy atom. The average molecular weight is 430 g/mol. The van der Waals surface area contributed by atoms with Crippen LogP contribution in [0.2, 0.25) is 0 Å². The van der Waals surface area contributed by atoms with Crippen LogP contribution in [-0.4, -0.2) is 50.3 Å². The van der Waals surface area contributed by atoms with Crippen LogP contribution >= 0.6 is 0 Å². The zero-order valence-corrected chi connectivity index (χ0v) is 16.9. The Morgan fingerprint density at radius 2 is 2.00 bits per heavy atom. The number of nitrogens with zero attached hydrogens (tertiary/aromatic N) is 5. The van der Waals surface area contributed by atoms with Gasteiger partial charge >= 0.3 is 0 Å². The number of fused-ring (bicyclic) bond motifs is 8. The zero-order chi connectivity index (χ0) is 21.4. The topological polar surface area (TPSA) is 115 Å². The van der Waals surface area contributed by atoms with Crippen molar-refractivity contribution in [2.75, 3.05) is 24.7 Å². The lowest BCUT2D eigenvalue weighted by Gasteiger charge is -2.30. The summed E-state index contributed by atoms with van der Waals surface area (Å²) < 4.78 is 13.2. The number of aromatic amines is 1. The molecule has 1 amide bonds. The van der Waals surface area contributed by atoms with Gasteiger partial charge in [0.15, 0.2) is 11.6 Å². The molecule has 1 N–H and O–H groups in total. The van der Waals surface area contributed by atoms with Crippen molar-refractivity contribution in [1.82, 2.24) is 24.6 Å². The second-order valence-electron chi connectivity index (χ2n) is 8.34. The number of amides is 1. The zero-order valence-electron chi connectivity index (χ0n) is 16.9. The fourth-order valence-corrected chi connectivity index (χ4v) is 5.09. The molecule has 1 atom stereocenters. The highest BCUT2D eigenvalue weighted by atomic mass is 16.5. The van der Waals surface area contributed by atoms with E-state index >= 15 is 0 Å². The van der Waals surface area contributed by atoms with E-state index in [2.05, 4.69) is 20.2 Å². The van der Waals surface area contributed by atoms with Gasteiger partial charge in [-0.3, -0.25) is 18.9 Å². The SMILES string of the molecule is O=C1c2cc3[nH]c(=O)c4nnc(C5CCOCC5)n4c3cc2C2COc3cccnc3N12. The summed E-state index contributed by atoms with van der Waals surface area (Å²) in [6.45, 7) is 1.65. The highest BCUT2D eigenvalue weighted by molar-refractivity contribution is 6.13. The third-order valence-corrected chi connectivity index (χ3v) is 6.63. The normalized spacial score (nSPS) is 20.3. The van der Waals surface area contributed by atoms with Gasteiger partial charge in [0.25, 0.3) is 11.5 Å². The van der Waals surface area contributed by atoms with Gasteiger partial charge in [-0.05, 0) is 42.7 Å². The molecule has 4 aromatic rings. The first-order valence-electron chi connectivity index (χ1n) is 10.6. The van der Waals surface area contributed by atoms with Crippen LogP contribution in [0.5, 0.6) is 5.75 Å². The largest absolute Gasteiger partial charge is 0.487 e. The minimum absolute atomic E-state index is 0.149. The molecule has 0 radical (unpaired) electrons. The number of H-pyrrole nitrogens is 1. The van der Waals surface area contributed by atoms with Crippen molar-refractivity contribution in [3.63, 3.8) is 0 Å². The van der Waals surface area contributed by atoms with Crippen molar-refractivity contribution in [2.45, 2.75) is 24.8 Å². The van der Waals surface area contributed by atoms with E-state index in [1.165, 1.54) is 0 Å². The summed E-state index contributed by atoms with van der Waals surface area (Å²) in [4.78, 5) is 35.0. The molecule has 3 aliphatic rings. The number of benzene rings is 1. The summed E-state index contributed by atoms with van der Waals surface area (Å²) in [5, 5.41) is 8.55. The molecular formula is C22H18N6O4. The molecule has 10 nitrogen and oxygen atoms in total. The molecule has 7 rings (SSSR count). The van der Waals surface area contributed by atoms with E-state index in [0.717, 1.165) is 29.7 Å². The highest BCUT2D eigenvalue weighted by Gasteiger charge is 2.43. The number of pyridine rings is 1. The number of hydrogen-bond donors (Lipinski definition) is 1. The molecule has 1 unspecified atom stereocenters. The fraction of sp³-hybridized carbons (Fsp3) is 0.318. The van der Waals surface area contributed by atoms with Gasteiger partial charge in [0.2, 0.25) is 5.65 Å². The van der Waals surface area contributed by atoms with E-state index < -0.39 is 0 Å². The Balaban J connectivity index is 1.47. The molecule has 10 heteroatoms. The minimum atomic E-state index is -0.332. The number of nitrogens with one attached hydrogen (secondary N) is 1. The predicted octanol–water partition coefficient (Wildman–Crippen LogP) is 1.95. The monoisotopic (exact) mass is 430 g/mol. The Morgan fingerprint density at radius 3 is 2.88 bits per heavy atom. The number of ether oxygens (including phenoxy) is 2. The Labute approximate surface area is 180 Å². The quantitative estimate of drug-likeness (QED) is 0.491. The van der Waals surface area contributed by atoms with E-state index in [9.17, 15) is 9.59 Å². The van der Waals surface area contributed by atoms with Crippen molar-refractivity contribution in [3.8, 4) is 5.75 Å². The van der Waals surface area contributed by atoms with E-state index in [1.54, 1.807) is 23.2 Å². The third-order valence-electron chi connectivity index (χ3n) is 6.63. The van der Waals surface area contributed by atoms with Crippen molar-refractivity contribution in [1.29, 1.82) is 0 Å². The maximum absolute atomic E-state index is 13.3. The molecule has 160 valence electrons. The fourth-order valence-electron chi connectivity index (χ4n) is 5.09. The number of carbonyl (C=O) groups is 1. The van der Waals surface area contributed by atoms with E-state index in [4.69, 9.17) is 9.47 Å². The molecule has 32 heavy (non-hydrogen) atoms. The molecule has 1 aromatic carbocycles. The number of hydrogen-bond acceptors (Lipinski definition) is 7. The van der Waals surface area contributed by atoms with Crippen molar-refractivity contribution < 1.29 is 14.3 Å². The summed E-state index contributed by atoms with van der Waals surface area (Å²) in [5.74, 6) is 1.87. The number of aromatic nitrogens is 5. The molecule has 3 aromatic heterocycles. The summed E-state index contributed by atoms with van der Waals surface area (Å²) in [6, 6.07) is 7.02. The first kappa shape index (κ1) is 17.8. The molecule has 6 heterocycles. The highest BCUT2D eigenvalue weighted by Crippen LogP contribution is 2.44. The van der Waals surface area contributed by atoms with Crippen LogP contribution in [0.4, 0.5) is 5.82 Å². The van der Waals surface area contributed by atoms with Crippen molar-refractivity contribution >= 4 is 28.4 Å². The lowest BCUT2D eigenvalue weighted by atomic mass is 9.99. The minimum Gasteiger partial charge on any atom is -0.487 e. The smallest absolute Gasteiger partial charge is 0.294 e. The summed E-state index contributed by atoms with van der Waals surface area (Å²) in [7, 11) is 0. The maximum atomic E-state index is 13.3. The molecule has 1 saturated heterocycles. The van der Waals surface area contributed by atoms with E-state index in [0.29, 0.717) is 42.5 Å². The average Bonchev–Trinajstić information content (AvgIpc) is 3.40. The van der Waals surface area contributed by atoms with Crippen LogP contribution < -0.4 is 15.2 Å². The second-order valence-corrected chi connectivity index (χ2v) is 8.34. The predicted molar refractivity (Wildman–Crippen MR) is 113 cm³/mol. The molecule has 3 aliphatic heterocycles. The molecule has 1 fully saturated rings. The number of anilines is 1. The lowest BCUT2D eigenvalue weighted by molar-refractivity contribution is 0.0834. The molecule has 0 spiro atoms. The van der Waals surface area contributed by atoms with Gasteiger partial charge in [0.1, 0.15) is 12.4 Å². The maximum Gasteiger partial charge on any atom is 0.294 e. The third kappa shape index (κ3) is 2.29. The summed E-state index contributed by atoms with van der Waals surface area (Å²) in [5.41, 5.74) is 2.66. The first-order chi connectivity index (χ1) is 15.7.